The lowest BCUT2D eigenvalue weighted by atomic mass is 9.72. The number of hydrogen-bond donors (Lipinski definition) is 2. The fourth-order valence-electron chi connectivity index (χ4n) is 2.86. The molecule has 2 rings (SSSR count). The van der Waals surface area contributed by atoms with E-state index in [1.165, 1.54) is 12.8 Å². The maximum atomic E-state index is 10.7. The summed E-state index contributed by atoms with van der Waals surface area (Å²) in [6.07, 6.45) is 4.60. The van der Waals surface area contributed by atoms with Gasteiger partial charge in [0.25, 0.3) is 0 Å². The highest BCUT2D eigenvalue weighted by Crippen LogP contribution is 2.40. The number of phenolic OH excluding ortho intramolecular Hbond substituents is 1. The van der Waals surface area contributed by atoms with Gasteiger partial charge in [0.1, 0.15) is 5.75 Å². The molecule has 2 N–H and O–H groups in total. The minimum Gasteiger partial charge on any atom is -0.508 e. The van der Waals surface area contributed by atoms with Gasteiger partial charge in [-0.3, -0.25) is 0 Å². The summed E-state index contributed by atoms with van der Waals surface area (Å²) >= 11 is 0. The highest BCUT2D eigenvalue weighted by molar-refractivity contribution is 5.30. The van der Waals surface area contributed by atoms with Crippen molar-refractivity contribution < 1.29 is 10.2 Å². The topological polar surface area (TPSA) is 40.5 Å². The normalized spacial score (nSPS) is 28.6. The van der Waals surface area contributed by atoms with Gasteiger partial charge in [0.05, 0.1) is 5.60 Å². The first-order valence-corrected chi connectivity index (χ1v) is 6.52. The molecule has 0 radical (unpaired) electrons. The Kier molecular flexibility index (Phi) is 3.43. The summed E-state index contributed by atoms with van der Waals surface area (Å²) in [5, 5.41) is 20.0. The molecule has 2 heteroatoms. The Labute approximate surface area is 103 Å². The summed E-state index contributed by atoms with van der Waals surface area (Å²) in [6.45, 7) is 4.19. The number of aliphatic hydroxyl groups is 1. The largest absolute Gasteiger partial charge is 0.508 e. The molecule has 0 spiro atoms. The average Bonchev–Trinajstić information content (AvgIpc) is 2.30. The molecule has 1 fully saturated rings. The molecule has 94 valence electrons. The van der Waals surface area contributed by atoms with Crippen LogP contribution in [0.25, 0.3) is 0 Å². The van der Waals surface area contributed by atoms with Crippen LogP contribution in [-0.4, -0.2) is 10.2 Å². The smallest absolute Gasteiger partial charge is 0.115 e. The van der Waals surface area contributed by atoms with E-state index in [1.54, 1.807) is 12.1 Å². The van der Waals surface area contributed by atoms with Crippen molar-refractivity contribution in [1.82, 2.24) is 0 Å². The van der Waals surface area contributed by atoms with Gasteiger partial charge >= 0.3 is 0 Å². The van der Waals surface area contributed by atoms with E-state index in [9.17, 15) is 10.2 Å². The van der Waals surface area contributed by atoms with Crippen LogP contribution in [0.2, 0.25) is 0 Å². The standard InChI is InChI=1S/C15H22O2/c1-11-3-5-12(6-4-11)15(2,17)13-7-9-14(16)10-8-13/h7-12,16-17H,3-6H2,1-2H3. The maximum absolute atomic E-state index is 10.7. The Morgan fingerprint density at radius 2 is 1.59 bits per heavy atom. The van der Waals surface area contributed by atoms with Crippen molar-refractivity contribution in [2.24, 2.45) is 11.8 Å². The van der Waals surface area contributed by atoms with Crippen LogP contribution in [0.1, 0.15) is 45.1 Å². The molecule has 0 aromatic heterocycles. The molecule has 0 heterocycles. The minimum absolute atomic E-state index is 0.252. The van der Waals surface area contributed by atoms with E-state index in [1.807, 2.05) is 19.1 Å². The second kappa shape index (κ2) is 4.69. The summed E-state index contributed by atoms with van der Waals surface area (Å²) < 4.78 is 0. The fourth-order valence-corrected chi connectivity index (χ4v) is 2.86. The molecule has 1 unspecified atom stereocenters. The van der Waals surface area contributed by atoms with E-state index in [4.69, 9.17) is 0 Å². The third-order valence-electron chi connectivity index (χ3n) is 4.26. The second-order valence-corrected chi connectivity index (χ2v) is 5.65. The average molecular weight is 234 g/mol. The van der Waals surface area contributed by atoms with Crippen LogP contribution in [0, 0.1) is 11.8 Å². The molecule has 0 amide bonds. The predicted molar refractivity (Wildman–Crippen MR) is 68.8 cm³/mol. The van der Waals surface area contributed by atoms with Crippen LogP contribution in [-0.2, 0) is 5.60 Å². The predicted octanol–water partition coefficient (Wildman–Crippen LogP) is 3.43. The number of rotatable bonds is 2. The van der Waals surface area contributed by atoms with Crippen molar-refractivity contribution in [3.8, 4) is 5.75 Å². The quantitative estimate of drug-likeness (QED) is 0.823. The van der Waals surface area contributed by atoms with Gasteiger partial charge in [-0.05, 0) is 49.3 Å². The Hall–Kier alpha value is -1.02. The molecule has 1 atom stereocenters. The highest BCUT2D eigenvalue weighted by atomic mass is 16.3. The van der Waals surface area contributed by atoms with Gasteiger partial charge in [0.2, 0.25) is 0 Å². The fraction of sp³-hybridized carbons (Fsp3) is 0.600. The summed E-state index contributed by atoms with van der Waals surface area (Å²) in [7, 11) is 0. The number of phenols is 1. The van der Waals surface area contributed by atoms with E-state index in [-0.39, 0.29) is 5.75 Å². The summed E-state index contributed by atoms with van der Waals surface area (Å²) in [6, 6.07) is 6.95. The molecule has 2 nitrogen and oxygen atoms in total. The molecule has 1 aliphatic rings. The zero-order chi connectivity index (χ0) is 12.5. The van der Waals surface area contributed by atoms with E-state index in [0.29, 0.717) is 5.92 Å². The SMILES string of the molecule is CC1CCC(C(C)(O)c2ccc(O)cc2)CC1. The summed E-state index contributed by atoms with van der Waals surface area (Å²) in [4.78, 5) is 0. The van der Waals surface area contributed by atoms with Crippen molar-refractivity contribution >= 4 is 0 Å². The first kappa shape index (κ1) is 12.4. The molecule has 1 aliphatic carbocycles. The van der Waals surface area contributed by atoms with Gasteiger partial charge in [-0.2, -0.15) is 0 Å². The third kappa shape index (κ3) is 2.63. The lowest BCUT2D eigenvalue weighted by molar-refractivity contribution is -0.0264. The van der Waals surface area contributed by atoms with Gasteiger partial charge in [-0.15, -0.1) is 0 Å². The first-order valence-electron chi connectivity index (χ1n) is 6.52. The molecular formula is C15H22O2. The van der Waals surface area contributed by atoms with Gasteiger partial charge < -0.3 is 10.2 Å². The van der Waals surface area contributed by atoms with Crippen LogP contribution >= 0.6 is 0 Å². The summed E-state index contributed by atoms with van der Waals surface area (Å²) in [5.74, 6) is 1.38. The molecule has 0 saturated heterocycles. The lowest BCUT2D eigenvalue weighted by Gasteiger charge is -2.37. The first-order chi connectivity index (χ1) is 8.00. The van der Waals surface area contributed by atoms with Gasteiger partial charge in [0, 0.05) is 0 Å². The number of aromatic hydroxyl groups is 1. The van der Waals surface area contributed by atoms with Crippen LogP contribution in [0.4, 0.5) is 0 Å². The Bertz CT molecular complexity index is 359. The van der Waals surface area contributed by atoms with Gasteiger partial charge in [-0.1, -0.05) is 31.9 Å². The van der Waals surface area contributed by atoms with Crippen LogP contribution in [0.5, 0.6) is 5.75 Å². The highest BCUT2D eigenvalue weighted by Gasteiger charge is 2.35. The van der Waals surface area contributed by atoms with E-state index >= 15 is 0 Å². The van der Waals surface area contributed by atoms with Gasteiger partial charge in [-0.25, -0.2) is 0 Å². The van der Waals surface area contributed by atoms with E-state index in [0.717, 1.165) is 24.3 Å². The van der Waals surface area contributed by atoms with Crippen molar-refractivity contribution in [3.05, 3.63) is 29.8 Å². The molecule has 0 bridgehead atoms. The van der Waals surface area contributed by atoms with Gasteiger partial charge in [0.15, 0.2) is 0 Å². The number of hydrogen-bond acceptors (Lipinski definition) is 2. The molecule has 1 aromatic carbocycles. The van der Waals surface area contributed by atoms with Crippen LogP contribution < -0.4 is 0 Å². The Morgan fingerprint density at radius 1 is 1.06 bits per heavy atom. The summed E-state index contributed by atoms with van der Waals surface area (Å²) in [5.41, 5.74) is 0.142. The van der Waals surface area contributed by atoms with Crippen LogP contribution in [0.3, 0.4) is 0 Å². The van der Waals surface area contributed by atoms with E-state index < -0.39 is 5.60 Å². The van der Waals surface area contributed by atoms with Crippen molar-refractivity contribution in [3.63, 3.8) is 0 Å². The Morgan fingerprint density at radius 3 is 2.12 bits per heavy atom. The minimum atomic E-state index is -0.770. The van der Waals surface area contributed by atoms with Crippen LogP contribution in [0.15, 0.2) is 24.3 Å². The zero-order valence-corrected chi connectivity index (χ0v) is 10.7. The van der Waals surface area contributed by atoms with E-state index in [2.05, 4.69) is 6.92 Å². The van der Waals surface area contributed by atoms with Crippen molar-refractivity contribution in [2.75, 3.05) is 0 Å². The molecule has 17 heavy (non-hydrogen) atoms. The maximum Gasteiger partial charge on any atom is 0.115 e. The molecule has 1 saturated carbocycles. The molecular weight excluding hydrogens is 212 g/mol. The van der Waals surface area contributed by atoms with Crippen molar-refractivity contribution in [1.29, 1.82) is 0 Å². The van der Waals surface area contributed by atoms with Crippen molar-refractivity contribution in [2.45, 2.75) is 45.1 Å². The lowest BCUT2D eigenvalue weighted by Crippen LogP contribution is -2.34. The third-order valence-corrected chi connectivity index (χ3v) is 4.26. The monoisotopic (exact) mass is 234 g/mol. The second-order valence-electron chi connectivity index (χ2n) is 5.65. The number of benzene rings is 1. The Balaban J connectivity index is 2.15. The molecule has 0 aliphatic heterocycles. The zero-order valence-electron chi connectivity index (χ0n) is 10.7. The molecule has 1 aromatic rings.